The van der Waals surface area contributed by atoms with Crippen LogP contribution < -0.4 is 9.64 Å². The van der Waals surface area contributed by atoms with Gasteiger partial charge in [0.15, 0.2) is 11.4 Å². The minimum absolute atomic E-state index is 0.0676. The number of carbonyl (C=O) groups excluding carboxylic acids is 1. The molecule has 0 fully saturated rings. The van der Waals surface area contributed by atoms with Gasteiger partial charge in [-0.05, 0) is 25.1 Å². The minimum atomic E-state index is 0.0676. The van der Waals surface area contributed by atoms with Crippen molar-refractivity contribution in [1.82, 2.24) is 0 Å². The lowest BCUT2D eigenvalue weighted by Gasteiger charge is -2.13. The summed E-state index contributed by atoms with van der Waals surface area (Å²) in [5.74, 6) is 1.46. The molecule has 3 nitrogen and oxygen atoms in total. The molecule has 1 heterocycles. The van der Waals surface area contributed by atoms with Gasteiger partial charge in [0.25, 0.3) is 0 Å². The Morgan fingerprint density at radius 1 is 1.00 bits per heavy atom. The summed E-state index contributed by atoms with van der Waals surface area (Å²) in [7, 11) is 0. The van der Waals surface area contributed by atoms with Crippen molar-refractivity contribution in [2.24, 2.45) is 0 Å². The molecule has 3 heteroatoms. The molecule has 1 atom stereocenters. The molecule has 0 saturated carbocycles. The quantitative estimate of drug-likeness (QED) is 0.828. The van der Waals surface area contributed by atoms with Crippen molar-refractivity contribution in [3.8, 4) is 11.5 Å². The van der Waals surface area contributed by atoms with Crippen LogP contribution >= 0.6 is 0 Å². The lowest BCUT2D eigenvalue weighted by atomic mass is 10.1. The Morgan fingerprint density at radius 2 is 1.67 bits per heavy atom. The molecule has 0 radical (unpaired) electrons. The zero-order valence-electron chi connectivity index (χ0n) is 10.1. The fraction of sp³-hybridized carbons (Fsp3) is 0.133. The van der Waals surface area contributed by atoms with Gasteiger partial charge in [-0.2, -0.15) is 0 Å². The number of nitrogens with one attached hydrogen (secondary N) is 1. The maximum absolute atomic E-state index is 12.5. The fourth-order valence-corrected chi connectivity index (χ4v) is 2.30. The molecule has 1 amide bonds. The van der Waals surface area contributed by atoms with Crippen LogP contribution in [0.3, 0.4) is 0 Å². The van der Waals surface area contributed by atoms with E-state index in [0.29, 0.717) is 17.9 Å². The number of rotatable bonds is 1. The Kier molecular flexibility index (Phi) is 2.61. The van der Waals surface area contributed by atoms with Gasteiger partial charge in [0.1, 0.15) is 11.3 Å². The molecule has 18 heavy (non-hydrogen) atoms. The predicted molar refractivity (Wildman–Crippen MR) is 68.5 cm³/mol. The van der Waals surface area contributed by atoms with Crippen molar-refractivity contribution in [3.05, 3.63) is 54.1 Å². The lowest BCUT2D eigenvalue weighted by Crippen LogP contribution is -3.09. The van der Waals surface area contributed by atoms with Gasteiger partial charge >= 0.3 is 5.91 Å². The number of fused-ring (bicyclic) bond motifs is 2. The summed E-state index contributed by atoms with van der Waals surface area (Å²) in [4.78, 5) is 13.3. The SMILES string of the molecule is CC[NH+]1C(=O)c2ccccc2Oc2ccccc21. The summed E-state index contributed by atoms with van der Waals surface area (Å²) in [6, 6.07) is 15.1. The monoisotopic (exact) mass is 240 g/mol. The molecule has 0 aromatic heterocycles. The van der Waals surface area contributed by atoms with Crippen molar-refractivity contribution in [2.75, 3.05) is 6.54 Å². The summed E-state index contributed by atoms with van der Waals surface area (Å²) in [5.41, 5.74) is 1.55. The minimum Gasteiger partial charge on any atom is -0.450 e. The highest BCUT2D eigenvalue weighted by Crippen LogP contribution is 2.31. The molecule has 1 unspecified atom stereocenters. The van der Waals surface area contributed by atoms with Gasteiger partial charge in [-0.3, -0.25) is 0 Å². The van der Waals surface area contributed by atoms with Crippen molar-refractivity contribution < 1.29 is 14.4 Å². The standard InChI is InChI=1S/C15H13NO2/c1-2-16-12-8-4-6-10-14(12)18-13-9-5-3-7-11(13)15(16)17/h3-10H,2H2,1H3/p+1. The van der Waals surface area contributed by atoms with Gasteiger partial charge < -0.3 is 4.74 Å². The van der Waals surface area contributed by atoms with Crippen LogP contribution in [0.25, 0.3) is 0 Å². The summed E-state index contributed by atoms with van der Waals surface area (Å²) >= 11 is 0. The van der Waals surface area contributed by atoms with Gasteiger partial charge in [0.05, 0.1) is 6.54 Å². The molecule has 1 aliphatic heterocycles. The van der Waals surface area contributed by atoms with E-state index in [1.165, 1.54) is 0 Å². The molecular weight excluding hydrogens is 226 g/mol. The molecule has 0 bridgehead atoms. The Labute approximate surface area is 106 Å². The fourth-order valence-electron chi connectivity index (χ4n) is 2.30. The first-order chi connectivity index (χ1) is 8.81. The Morgan fingerprint density at radius 3 is 2.44 bits per heavy atom. The third-order valence-electron chi connectivity index (χ3n) is 3.19. The molecule has 2 aromatic rings. The molecule has 0 aliphatic carbocycles. The van der Waals surface area contributed by atoms with Crippen molar-refractivity contribution in [3.63, 3.8) is 0 Å². The Balaban J connectivity index is 2.23. The normalized spacial score (nSPS) is 17.4. The van der Waals surface area contributed by atoms with Crippen LogP contribution in [0.5, 0.6) is 11.5 Å². The number of para-hydroxylation sites is 3. The van der Waals surface area contributed by atoms with Crippen molar-refractivity contribution in [1.29, 1.82) is 0 Å². The second kappa shape index (κ2) is 4.27. The smallest absolute Gasteiger partial charge is 0.353 e. The highest BCUT2D eigenvalue weighted by molar-refractivity contribution is 5.93. The van der Waals surface area contributed by atoms with Crippen LogP contribution in [0.2, 0.25) is 0 Å². The predicted octanol–water partition coefficient (Wildman–Crippen LogP) is 2.17. The molecule has 0 saturated heterocycles. The zero-order valence-corrected chi connectivity index (χ0v) is 10.1. The van der Waals surface area contributed by atoms with Crippen LogP contribution in [0.15, 0.2) is 48.5 Å². The van der Waals surface area contributed by atoms with E-state index in [0.717, 1.165) is 16.3 Å². The number of ether oxygens (including phenoxy) is 1. The number of amides is 1. The van der Waals surface area contributed by atoms with Gasteiger partial charge in [0, 0.05) is 6.07 Å². The lowest BCUT2D eigenvalue weighted by molar-refractivity contribution is -0.738. The molecule has 1 aliphatic rings. The van der Waals surface area contributed by atoms with E-state index in [9.17, 15) is 4.79 Å². The average Bonchev–Trinajstić information content (AvgIpc) is 2.53. The third-order valence-corrected chi connectivity index (χ3v) is 3.19. The number of hydrogen-bond acceptors (Lipinski definition) is 2. The van der Waals surface area contributed by atoms with E-state index in [4.69, 9.17) is 4.74 Å². The van der Waals surface area contributed by atoms with Gasteiger partial charge in [-0.15, -0.1) is 0 Å². The van der Waals surface area contributed by atoms with Crippen LogP contribution in [0.4, 0.5) is 5.69 Å². The molecular formula is C15H14NO2+. The van der Waals surface area contributed by atoms with Crippen molar-refractivity contribution in [2.45, 2.75) is 6.92 Å². The highest BCUT2D eigenvalue weighted by atomic mass is 16.5. The van der Waals surface area contributed by atoms with Crippen LogP contribution in [-0.4, -0.2) is 12.5 Å². The van der Waals surface area contributed by atoms with Crippen LogP contribution in [0, 0.1) is 0 Å². The van der Waals surface area contributed by atoms with E-state index in [2.05, 4.69) is 0 Å². The second-order valence-corrected chi connectivity index (χ2v) is 4.26. The Bertz CT molecular complexity index is 607. The number of benzene rings is 2. The zero-order chi connectivity index (χ0) is 12.5. The Hall–Kier alpha value is -2.13. The van der Waals surface area contributed by atoms with Crippen LogP contribution in [-0.2, 0) is 0 Å². The van der Waals surface area contributed by atoms with Gasteiger partial charge in [0.2, 0.25) is 0 Å². The van der Waals surface area contributed by atoms with E-state index in [-0.39, 0.29) is 5.91 Å². The molecule has 90 valence electrons. The third kappa shape index (κ3) is 1.60. The number of carbonyl (C=O) groups is 1. The maximum Gasteiger partial charge on any atom is 0.353 e. The first-order valence-corrected chi connectivity index (χ1v) is 6.08. The summed E-state index contributed by atoms with van der Waals surface area (Å²) < 4.78 is 5.86. The highest BCUT2D eigenvalue weighted by Gasteiger charge is 2.31. The number of quaternary nitrogens is 1. The van der Waals surface area contributed by atoms with E-state index in [1.807, 2.05) is 55.5 Å². The largest absolute Gasteiger partial charge is 0.450 e. The maximum atomic E-state index is 12.5. The molecule has 3 rings (SSSR count). The second-order valence-electron chi connectivity index (χ2n) is 4.26. The average molecular weight is 240 g/mol. The van der Waals surface area contributed by atoms with E-state index in [1.54, 1.807) is 0 Å². The molecule has 2 aromatic carbocycles. The molecule has 0 spiro atoms. The first kappa shape index (κ1) is 11.0. The number of hydrogen-bond donors (Lipinski definition) is 1. The van der Waals surface area contributed by atoms with E-state index >= 15 is 0 Å². The molecule has 1 N–H and O–H groups in total. The van der Waals surface area contributed by atoms with E-state index < -0.39 is 0 Å². The summed E-state index contributed by atoms with van der Waals surface area (Å²) in [6.07, 6.45) is 0. The summed E-state index contributed by atoms with van der Waals surface area (Å²) in [6.45, 7) is 2.70. The first-order valence-electron chi connectivity index (χ1n) is 6.08. The summed E-state index contributed by atoms with van der Waals surface area (Å²) in [5, 5.41) is 0. The van der Waals surface area contributed by atoms with Gasteiger partial charge in [-0.1, -0.05) is 24.3 Å². The van der Waals surface area contributed by atoms with Gasteiger partial charge in [-0.25, -0.2) is 9.69 Å². The topological polar surface area (TPSA) is 30.7 Å². The van der Waals surface area contributed by atoms with Crippen LogP contribution in [0.1, 0.15) is 17.3 Å². The van der Waals surface area contributed by atoms with Crippen molar-refractivity contribution >= 4 is 11.6 Å².